The number of rotatable bonds is 8. The molecule has 3 aromatic heterocycles. The van der Waals surface area contributed by atoms with E-state index in [0.717, 1.165) is 16.3 Å². The summed E-state index contributed by atoms with van der Waals surface area (Å²) in [6, 6.07) is 5.19. The summed E-state index contributed by atoms with van der Waals surface area (Å²) in [5.41, 5.74) is 1.91. The number of hydrogen-bond acceptors (Lipinski definition) is 7. The van der Waals surface area contributed by atoms with Gasteiger partial charge in [0.15, 0.2) is 0 Å². The normalized spacial score (nSPS) is 11.1. The predicted octanol–water partition coefficient (Wildman–Crippen LogP) is 5.08. The van der Waals surface area contributed by atoms with Crippen molar-refractivity contribution >= 4 is 51.4 Å². The van der Waals surface area contributed by atoms with E-state index < -0.39 is 0 Å². The van der Waals surface area contributed by atoms with E-state index in [4.69, 9.17) is 54.4 Å². The van der Waals surface area contributed by atoms with Crippen molar-refractivity contribution in [3.05, 3.63) is 57.6 Å². The molecule has 0 aliphatic heterocycles. The maximum absolute atomic E-state index is 9.10. The minimum atomic E-state index is 0.0137. The lowest BCUT2D eigenvalue weighted by Gasteiger charge is -2.16. The molecule has 3 heterocycles. The van der Waals surface area contributed by atoms with Gasteiger partial charge in [-0.25, -0.2) is 9.97 Å². The van der Waals surface area contributed by atoms with Crippen LogP contribution in [0.4, 0.5) is 5.82 Å². The van der Waals surface area contributed by atoms with Crippen LogP contribution in [0, 0.1) is 0 Å². The molecule has 0 aliphatic carbocycles. The topological polar surface area (TPSA) is 94.3 Å². The Balaban J connectivity index is 1.82. The smallest absolute Gasteiger partial charge is 0.141 e. The molecule has 0 aliphatic rings. The fraction of sp³-hybridized carbons (Fsp3) is 0.227. The summed E-state index contributed by atoms with van der Waals surface area (Å²) in [7, 11) is 3.03. The van der Waals surface area contributed by atoms with Gasteiger partial charge >= 0.3 is 0 Å². The van der Waals surface area contributed by atoms with Gasteiger partial charge in [0, 0.05) is 46.9 Å². The van der Waals surface area contributed by atoms with Gasteiger partial charge in [-0.2, -0.15) is 5.10 Å². The second kappa shape index (κ2) is 10.0. The van der Waals surface area contributed by atoms with Gasteiger partial charge in [-0.3, -0.25) is 4.68 Å². The third-order valence-corrected chi connectivity index (χ3v) is 5.94. The number of fused-ring (bicyclic) bond motifs is 1. The van der Waals surface area contributed by atoms with Crippen LogP contribution in [0.25, 0.3) is 22.0 Å². The summed E-state index contributed by atoms with van der Waals surface area (Å²) < 4.78 is 12.5. The monoisotopic (exact) mass is 507 g/mol. The first-order chi connectivity index (χ1) is 15.9. The summed E-state index contributed by atoms with van der Waals surface area (Å²) in [4.78, 5) is 8.99. The van der Waals surface area contributed by atoms with Gasteiger partial charge in [-0.05, 0) is 12.1 Å². The Labute approximate surface area is 205 Å². The Bertz CT molecular complexity index is 1280. The van der Waals surface area contributed by atoms with E-state index >= 15 is 0 Å². The Morgan fingerprint density at radius 2 is 1.76 bits per heavy atom. The van der Waals surface area contributed by atoms with Gasteiger partial charge in [0.2, 0.25) is 0 Å². The van der Waals surface area contributed by atoms with Crippen LogP contribution in [0.3, 0.4) is 0 Å². The average Bonchev–Trinajstić information content (AvgIpc) is 3.25. The van der Waals surface area contributed by atoms with E-state index in [2.05, 4.69) is 15.4 Å². The molecule has 2 N–H and O–H groups in total. The first-order valence-corrected chi connectivity index (χ1v) is 11.0. The van der Waals surface area contributed by atoms with E-state index in [1.807, 2.05) is 12.3 Å². The lowest BCUT2D eigenvalue weighted by Crippen LogP contribution is -2.04. The molecule has 0 atom stereocenters. The van der Waals surface area contributed by atoms with Crippen LogP contribution in [0.1, 0.15) is 5.56 Å². The fourth-order valence-corrected chi connectivity index (χ4v) is 4.25. The molecule has 0 radical (unpaired) electrons. The largest absolute Gasteiger partial charge is 0.495 e. The third-order valence-electron chi connectivity index (χ3n) is 4.99. The number of ether oxygens (including phenoxy) is 2. The number of nitrogens with zero attached hydrogens (tertiary/aromatic N) is 4. The van der Waals surface area contributed by atoms with E-state index in [1.165, 1.54) is 14.2 Å². The minimum absolute atomic E-state index is 0.0137. The van der Waals surface area contributed by atoms with Gasteiger partial charge in [-0.1, -0.05) is 34.8 Å². The van der Waals surface area contributed by atoms with Crippen molar-refractivity contribution in [3.8, 4) is 22.8 Å². The lowest BCUT2D eigenvalue weighted by molar-refractivity contribution is 0.269. The molecule has 0 bridgehead atoms. The molecule has 0 spiro atoms. The lowest BCUT2D eigenvalue weighted by atomic mass is 10.1. The molecule has 1 aromatic carbocycles. The number of methoxy groups -OCH3 is 2. The Hall–Kier alpha value is -2.78. The molecule has 0 saturated carbocycles. The van der Waals surface area contributed by atoms with Crippen molar-refractivity contribution < 1.29 is 14.6 Å². The van der Waals surface area contributed by atoms with Gasteiger partial charge in [0.25, 0.3) is 0 Å². The number of hydrogen-bond donors (Lipinski definition) is 2. The minimum Gasteiger partial charge on any atom is -0.495 e. The van der Waals surface area contributed by atoms with Crippen molar-refractivity contribution in [3.63, 3.8) is 0 Å². The summed E-state index contributed by atoms with van der Waals surface area (Å²) >= 11 is 19.4. The maximum Gasteiger partial charge on any atom is 0.141 e. The molecule has 0 unspecified atom stereocenters. The second-order valence-corrected chi connectivity index (χ2v) is 8.20. The molecule has 8 nitrogen and oxygen atoms in total. The highest BCUT2D eigenvalue weighted by molar-refractivity contribution is 6.41. The van der Waals surface area contributed by atoms with Crippen LogP contribution in [0.5, 0.6) is 11.5 Å². The highest BCUT2D eigenvalue weighted by Crippen LogP contribution is 2.46. The molecule has 33 heavy (non-hydrogen) atoms. The first kappa shape index (κ1) is 23.4. The zero-order chi connectivity index (χ0) is 23.5. The van der Waals surface area contributed by atoms with Gasteiger partial charge in [0.05, 0.1) is 49.3 Å². The second-order valence-electron chi connectivity index (χ2n) is 7.06. The molecule has 172 valence electrons. The Kier molecular flexibility index (Phi) is 7.09. The number of aromatic nitrogens is 4. The van der Waals surface area contributed by atoms with Crippen molar-refractivity contribution in [2.45, 2.75) is 13.1 Å². The number of benzene rings is 1. The quantitative estimate of drug-likeness (QED) is 0.321. The molecule has 0 saturated heterocycles. The van der Waals surface area contributed by atoms with Crippen LogP contribution >= 0.6 is 34.8 Å². The fourth-order valence-electron chi connectivity index (χ4n) is 3.40. The van der Waals surface area contributed by atoms with Crippen LogP contribution in [0.2, 0.25) is 15.2 Å². The Morgan fingerprint density at radius 1 is 1.03 bits per heavy atom. The average molecular weight is 509 g/mol. The number of halogens is 3. The summed E-state index contributed by atoms with van der Waals surface area (Å²) in [6.45, 7) is 0.881. The number of anilines is 1. The highest BCUT2D eigenvalue weighted by atomic mass is 35.5. The van der Waals surface area contributed by atoms with E-state index in [-0.39, 0.29) is 6.61 Å². The first-order valence-electron chi connectivity index (χ1n) is 9.87. The van der Waals surface area contributed by atoms with Crippen molar-refractivity contribution in [1.82, 2.24) is 19.7 Å². The Morgan fingerprint density at radius 3 is 2.42 bits per heavy atom. The van der Waals surface area contributed by atoms with Crippen LogP contribution in [-0.4, -0.2) is 45.7 Å². The summed E-state index contributed by atoms with van der Waals surface area (Å²) in [5.74, 6) is 1.39. The van der Waals surface area contributed by atoms with Gasteiger partial charge < -0.3 is 19.9 Å². The van der Waals surface area contributed by atoms with Crippen LogP contribution in [-0.2, 0) is 13.1 Å². The van der Waals surface area contributed by atoms with Gasteiger partial charge in [-0.15, -0.1) is 0 Å². The number of nitrogens with one attached hydrogen (secondary N) is 1. The third kappa shape index (κ3) is 4.79. The van der Waals surface area contributed by atoms with E-state index in [9.17, 15) is 0 Å². The van der Waals surface area contributed by atoms with Crippen molar-refractivity contribution in [1.29, 1.82) is 0 Å². The highest BCUT2D eigenvalue weighted by Gasteiger charge is 2.21. The van der Waals surface area contributed by atoms with E-state index in [1.54, 1.807) is 29.2 Å². The molecule has 0 amide bonds. The zero-order valence-electron chi connectivity index (χ0n) is 17.8. The number of pyridine rings is 2. The molecule has 4 aromatic rings. The standard InChI is InChI=1S/C22H20Cl3N5O3/c1-32-16-7-17(33-2)21(25)19(20(16)24)15-5-13-10-26-18(23)6-14(13)22(29-15)27-8-12-9-28-30(11-12)3-4-31/h5-7,9-11,31H,3-4,8H2,1-2H3,(H,27,29). The SMILES string of the molecule is COc1cc(OC)c(Cl)c(-c2cc3cnc(Cl)cc3c(NCc3cnn(CCO)c3)n2)c1Cl. The molecule has 11 heteroatoms. The summed E-state index contributed by atoms with van der Waals surface area (Å²) in [5, 5.41) is 19.2. The van der Waals surface area contributed by atoms with E-state index in [0.29, 0.717) is 56.9 Å². The molecular weight excluding hydrogens is 489 g/mol. The molecule has 4 rings (SSSR count). The summed E-state index contributed by atoms with van der Waals surface area (Å²) in [6.07, 6.45) is 5.24. The number of aliphatic hydroxyl groups is 1. The maximum atomic E-state index is 9.10. The zero-order valence-corrected chi connectivity index (χ0v) is 20.0. The molecule has 0 fully saturated rings. The van der Waals surface area contributed by atoms with Crippen molar-refractivity contribution in [2.75, 3.05) is 26.1 Å². The van der Waals surface area contributed by atoms with Gasteiger partial charge in [0.1, 0.15) is 22.5 Å². The number of aliphatic hydroxyl groups excluding tert-OH is 1. The molecular formula is C22H20Cl3N5O3. The van der Waals surface area contributed by atoms with Crippen molar-refractivity contribution in [2.24, 2.45) is 0 Å². The van der Waals surface area contributed by atoms with Crippen LogP contribution in [0.15, 0.2) is 36.8 Å². The predicted molar refractivity (Wildman–Crippen MR) is 130 cm³/mol. The van der Waals surface area contributed by atoms with Crippen LogP contribution < -0.4 is 14.8 Å².